The fourth-order valence-electron chi connectivity index (χ4n) is 3.97. The summed E-state index contributed by atoms with van der Waals surface area (Å²) in [7, 11) is 1.95. The van der Waals surface area contributed by atoms with Gasteiger partial charge in [0.2, 0.25) is 0 Å². The fraction of sp³-hybridized carbons (Fsp3) is 0.360. The second-order valence-corrected chi connectivity index (χ2v) is 8.87. The Kier molecular flexibility index (Phi) is 6.44. The molecule has 3 N–H and O–H groups in total. The first kappa shape index (κ1) is 22.5. The van der Waals surface area contributed by atoms with E-state index in [1.54, 1.807) is 12.3 Å². The molecule has 4 rings (SSSR count). The van der Waals surface area contributed by atoms with Gasteiger partial charge in [-0.3, -0.25) is 19.6 Å². The van der Waals surface area contributed by atoms with Crippen molar-refractivity contribution in [1.29, 1.82) is 0 Å². The molecule has 1 unspecified atom stereocenters. The third kappa shape index (κ3) is 5.05. The van der Waals surface area contributed by atoms with Crippen molar-refractivity contribution in [2.45, 2.75) is 52.5 Å². The van der Waals surface area contributed by atoms with E-state index in [1.807, 2.05) is 36.1 Å². The van der Waals surface area contributed by atoms with E-state index in [1.165, 1.54) is 5.57 Å². The molecule has 1 amide bonds. The maximum Gasteiger partial charge on any atom is 0.276 e. The van der Waals surface area contributed by atoms with Gasteiger partial charge in [0.25, 0.3) is 5.91 Å². The van der Waals surface area contributed by atoms with Crippen LogP contribution in [-0.2, 0) is 7.05 Å². The molecule has 2 aromatic heterocycles. The smallest absolute Gasteiger partial charge is 0.276 e. The Balaban J connectivity index is 1.47. The predicted octanol–water partition coefficient (Wildman–Crippen LogP) is 3.30. The van der Waals surface area contributed by atoms with E-state index >= 15 is 0 Å². The molecule has 0 saturated heterocycles. The minimum atomic E-state index is -0.226. The first-order chi connectivity index (χ1) is 15.8. The molecule has 3 heterocycles. The van der Waals surface area contributed by atoms with Crippen LogP contribution in [0.15, 0.2) is 53.4 Å². The van der Waals surface area contributed by atoms with E-state index in [-0.39, 0.29) is 17.9 Å². The highest BCUT2D eigenvalue weighted by molar-refractivity contribution is 6.02. The molecular weight excluding hydrogens is 414 g/mol. The van der Waals surface area contributed by atoms with Crippen LogP contribution in [-0.4, -0.2) is 25.9 Å². The molecule has 3 aromatic rings. The maximum atomic E-state index is 12.6. The summed E-state index contributed by atoms with van der Waals surface area (Å²) in [5.74, 6) is 0.0606. The van der Waals surface area contributed by atoms with Gasteiger partial charge in [0.05, 0.1) is 11.5 Å². The van der Waals surface area contributed by atoms with E-state index in [9.17, 15) is 4.79 Å². The summed E-state index contributed by atoms with van der Waals surface area (Å²) >= 11 is 0. The molecule has 0 saturated carbocycles. The average Bonchev–Trinajstić information content (AvgIpc) is 3.41. The molecule has 0 spiro atoms. The summed E-state index contributed by atoms with van der Waals surface area (Å²) < 4.78 is 1.88. The molecule has 172 valence electrons. The number of fused-ring (bicyclic) bond motifs is 1. The Bertz CT molecular complexity index is 1310. The van der Waals surface area contributed by atoms with E-state index in [4.69, 9.17) is 0 Å². The summed E-state index contributed by atoms with van der Waals surface area (Å²) in [6.07, 6.45) is 5.51. The van der Waals surface area contributed by atoms with Crippen LogP contribution in [0.1, 0.15) is 74.2 Å². The van der Waals surface area contributed by atoms with Gasteiger partial charge in [-0.05, 0) is 61.9 Å². The zero-order chi connectivity index (χ0) is 23.5. The van der Waals surface area contributed by atoms with Crippen LogP contribution in [0.25, 0.3) is 5.57 Å². The lowest BCUT2D eigenvalue weighted by Gasteiger charge is -2.19. The Labute approximate surface area is 193 Å². The number of aryl methyl sites for hydroxylation is 1. The van der Waals surface area contributed by atoms with Crippen molar-refractivity contribution in [2.24, 2.45) is 12.0 Å². The van der Waals surface area contributed by atoms with Crippen molar-refractivity contribution in [3.8, 4) is 0 Å². The van der Waals surface area contributed by atoms with Crippen molar-refractivity contribution < 1.29 is 4.79 Å². The Hall–Kier alpha value is -3.68. The van der Waals surface area contributed by atoms with Gasteiger partial charge in [0, 0.05) is 36.4 Å². The van der Waals surface area contributed by atoms with Gasteiger partial charge in [-0.2, -0.15) is 10.2 Å². The number of rotatable bonds is 6. The van der Waals surface area contributed by atoms with E-state index in [2.05, 4.69) is 64.7 Å². The van der Waals surface area contributed by atoms with E-state index in [0.29, 0.717) is 5.69 Å². The van der Waals surface area contributed by atoms with Crippen LogP contribution in [0.3, 0.4) is 0 Å². The normalized spacial score (nSPS) is 18.8. The van der Waals surface area contributed by atoms with Gasteiger partial charge in [0.15, 0.2) is 5.69 Å². The lowest BCUT2D eigenvalue weighted by molar-refractivity contribution is 0.102. The van der Waals surface area contributed by atoms with Crippen molar-refractivity contribution in [2.75, 3.05) is 5.32 Å². The molecule has 1 aliphatic heterocycles. The highest BCUT2D eigenvalue weighted by Crippen LogP contribution is 2.21. The number of hydrogen-bond acceptors (Lipinski definition) is 5. The topological polar surface area (TPSA) is 100.0 Å². The minimum Gasteiger partial charge on any atom is -0.381 e. The summed E-state index contributed by atoms with van der Waals surface area (Å²) in [4.78, 5) is 17.3. The summed E-state index contributed by atoms with van der Waals surface area (Å²) in [6.45, 7) is 8.36. The van der Waals surface area contributed by atoms with Crippen molar-refractivity contribution >= 4 is 17.2 Å². The van der Waals surface area contributed by atoms with Gasteiger partial charge < -0.3 is 10.6 Å². The quantitative estimate of drug-likeness (QED) is 0.542. The molecule has 0 fully saturated rings. The Morgan fingerprint density at radius 2 is 2.00 bits per heavy atom. The van der Waals surface area contributed by atoms with Gasteiger partial charge in [-0.1, -0.05) is 26.0 Å². The van der Waals surface area contributed by atoms with Gasteiger partial charge in [0.1, 0.15) is 5.36 Å². The molecule has 33 heavy (non-hydrogen) atoms. The monoisotopic (exact) mass is 445 g/mol. The highest BCUT2D eigenvalue weighted by atomic mass is 16.1. The lowest BCUT2D eigenvalue weighted by Crippen LogP contribution is -2.31. The van der Waals surface area contributed by atoms with Crippen LogP contribution < -0.4 is 21.3 Å². The zero-order valence-electron chi connectivity index (χ0n) is 19.8. The van der Waals surface area contributed by atoms with Crippen molar-refractivity contribution in [1.82, 2.24) is 25.3 Å². The summed E-state index contributed by atoms with van der Waals surface area (Å²) in [5, 5.41) is 19.9. The number of allylic oxidation sites excluding steroid dienone is 1. The number of H-pyrrole nitrogens is 1. The number of aromatic amines is 1. The number of amides is 1. The van der Waals surface area contributed by atoms with Gasteiger partial charge >= 0.3 is 0 Å². The number of hydrogen-bond donors (Lipinski definition) is 3. The van der Waals surface area contributed by atoms with Crippen molar-refractivity contribution in [3.05, 3.63) is 76.1 Å². The summed E-state index contributed by atoms with van der Waals surface area (Å²) in [6, 6.07) is 9.72. The van der Waals surface area contributed by atoms with Crippen LogP contribution >= 0.6 is 0 Å². The molecule has 1 aromatic carbocycles. The van der Waals surface area contributed by atoms with Crippen molar-refractivity contribution in [3.63, 3.8) is 0 Å². The van der Waals surface area contributed by atoms with Gasteiger partial charge in [-0.15, -0.1) is 0 Å². The van der Waals surface area contributed by atoms with Crippen LogP contribution in [0, 0.1) is 0 Å². The SMILES string of the molecule is C\C1=c2/c(cnn2C)=N\C=C(\NC(C)c2cccc(NC(=O)c3cc(C(C)C)[nH]n3)c2)CC1. The minimum absolute atomic E-state index is 0.0503. The number of benzene rings is 1. The van der Waals surface area contributed by atoms with Crippen LogP contribution in [0.2, 0.25) is 0 Å². The zero-order valence-corrected chi connectivity index (χ0v) is 19.8. The second kappa shape index (κ2) is 9.44. The van der Waals surface area contributed by atoms with E-state index < -0.39 is 0 Å². The molecule has 0 bridgehead atoms. The number of nitrogens with zero attached hydrogens (tertiary/aromatic N) is 4. The second-order valence-electron chi connectivity index (χ2n) is 8.87. The number of carbonyl (C=O) groups is 1. The molecule has 0 aliphatic carbocycles. The highest BCUT2D eigenvalue weighted by Gasteiger charge is 2.14. The maximum absolute atomic E-state index is 12.6. The Morgan fingerprint density at radius 1 is 1.18 bits per heavy atom. The number of aromatic nitrogens is 4. The lowest BCUT2D eigenvalue weighted by atomic mass is 10.1. The molecule has 0 radical (unpaired) electrons. The third-order valence-electron chi connectivity index (χ3n) is 5.95. The predicted molar refractivity (Wildman–Crippen MR) is 129 cm³/mol. The van der Waals surface area contributed by atoms with E-state index in [0.717, 1.165) is 46.2 Å². The summed E-state index contributed by atoms with van der Waals surface area (Å²) in [5.41, 5.74) is 5.48. The third-order valence-corrected chi connectivity index (χ3v) is 5.95. The molecular formula is C25H31N7O. The molecule has 8 heteroatoms. The molecule has 1 atom stereocenters. The standard InChI is InChI=1S/C25H31N7O/c1-15(2)21-12-22(31-30-21)25(33)29-19-8-6-7-18(11-19)17(4)28-20-10-9-16(3)24-23(26-13-20)14-27-32(24)5/h6-8,11-15,17,28H,9-10H2,1-5H3,(H,29,33)(H,30,31)/b20-13+,24-16-,26-23-. The first-order valence-electron chi connectivity index (χ1n) is 11.3. The van der Waals surface area contributed by atoms with Crippen LogP contribution in [0.5, 0.6) is 0 Å². The largest absolute Gasteiger partial charge is 0.381 e. The number of anilines is 1. The number of carbonyl (C=O) groups excluding carboxylic acids is 1. The Morgan fingerprint density at radius 3 is 2.76 bits per heavy atom. The fourth-order valence-corrected chi connectivity index (χ4v) is 3.97. The average molecular weight is 446 g/mol. The first-order valence-corrected chi connectivity index (χ1v) is 11.3. The van der Waals surface area contributed by atoms with Gasteiger partial charge in [-0.25, -0.2) is 0 Å². The number of nitrogens with one attached hydrogen (secondary N) is 3. The molecule has 8 nitrogen and oxygen atoms in total. The van der Waals surface area contributed by atoms with Crippen LogP contribution in [0.4, 0.5) is 5.69 Å². The molecule has 1 aliphatic rings.